The summed E-state index contributed by atoms with van der Waals surface area (Å²) >= 11 is 0. The second-order valence-corrected chi connectivity index (χ2v) is 32.3. The first kappa shape index (κ1) is 96.1. The molecule has 582 valence electrons. The van der Waals surface area contributed by atoms with Crippen molar-refractivity contribution in [1.29, 1.82) is 0 Å². The molecule has 0 saturated heterocycles. The van der Waals surface area contributed by atoms with Crippen LogP contribution in [0.15, 0.2) is 0 Å². The summed E-state index contributed by atoms with van der Waals surface area (Å²) in [4.78, 5) is 72.9. The van der Waals surface area contributed by atoms with Crippen LogP contribution in [0.4, 0.5) is 0 Å². The molecule has 0 aromatic heterocycles. The molecule has 0 saturated carbocycles. The van der Waals surface area contributed by atoms with Crippen LogP contribution < -0.4 is 0 Å². The fourth-order valence-corrected chi connectivity index (χ4v) is 13.8. The first-order valence-electron chi connectivity index (χ1n) is 41.0. The molecule has 5 atom stereocenters. The van der Waals surface area contributed by atoms with E-state index in [1.54, 1.807) is 0 Å². The van der Waals surface area contributed by atoms with E-state index in [-0.39, 0.29) is 25.7 Å². The molecule has 0 spiro atoms. The Balaban J connectivity index is 5.23. The van der Waals surface area contributed by atoms with E-state index in [0.29, 0.717) is 25.7 Å². The summed E-state index contributed by atoms with van der Waals surface area (Å²) in [6.07, 6.45) is 59.7. The number of hydrogen-bond acceptors (Lipinski definition) is 15. The Labute approximate surface area is 600 Å². The number of esters is 4. The minimum Gasteiger partial charge on any atom is -0.462 e. The van der Waals surface area contributed by atoms with Gasteiger partial charge in [0.1, 0.15) is 19.3 Å². The van der Waals surface area contributed by atoms with Crippen molar-refractivity contribution >= 4 is 39.5 Å². The van der Waals surface area contributed by atoms with Crippen molar-refractivity contribution in [1.82, 2.24) is 0 Å². The van der Waals surface area contributed by atoms with Gasteiger partial charge in [0.05, 0.1) is 26.4 Å². The quantitative estimate of drug-likeness (QED) is 0.0222. The third kappa shape index (κ3) is 72.4. The number of aliphatic hydroxyl groups is 1. The Morgan fingerprint density at radius 2 is 0.469 bits per heavy atom. The van der Waals surface area contributed by atoms with E-state index < -0.39 is 97.5 Å². The lowest BCUT2D eigenvalue weighted by atomic mass is 10.0. The molecule has 0 amide bonds. The van der Waals surface area contributed by atoms with E-state index in [0.717, 1.165) is 102 Å². The van der Waals surface area contributed by atoms with Gasteiger partial charge in [0.2, 0.25) is 0 Å². The smallest absolute Gasteiger partial charge is 0.462 e. The zero-order chi connectivity index (χ0) is 72.1. The number of phosphoric acid groups is 2. The highest BCUT2D eigenvalue weighted by molar-refractivity contribution is 7.47. The van der Waals surface area contributed by atoms with E-state index in [1.165, 1.54) is 231 Å². The number of carbonyl (C=O) groups is 4. The monoisotopic (exact) mass is 1440 g/mol. The number of aliphatic hydroxyl groups excluding tert-OH is 1. The maximum atomic E-state index is 13.1. The van der Waals surface area contributed by atoms with Crippen molar-refractivity contribution in [3.05, 3.63) is 0 Å². The maximum absolute atomic E-state index is 13.1. The molecule has 0 aliphatic rings. The third-order valence-electron chi connectivity index (χ3n) is 18.5. The zero-order valence-electron chi connectivity index (χ0n) is 64.1. The minimum absolute atomic E-state index is 0.105. The summed E-state index contributed by atoms with van der Waals surface area (Å²) in [6, 6.07) is 0. The molecule has 0 fully saturated rings. The van der Waals surface area contributed by atoms with E-state index in [1.807, 2.05) is 0 Å². The molecular weight excluding hydrogens is 1280 g/mol. The van der Waals surface area contributed by atoms with Gasteiger partial charge in [-0.1, -0.05) is 363 Å². The van der Waals surface area contributed by atoms with Gasteiger partial charge in [0.15, 0.2) is 12.2 Å². The van der Waals surface area contributed by atoms with Crippen molar-refractivity contribution < 1.29 is 80.2 Å². The van der Waals surface area contributed by atoms with Crippen LogP contribution in [0.3, 0.4) is 0 Å². The number of rotatable bonds is 78. The molecule has 0 rings (SSSR count). The summed E-state index contributed by atoms with van der Waals surface area (Å²) in [5.74, 6) is -0.584. The van der Waals surface area contributed by atoms with Gasteiger partial charge < -0.3 is 33.8 Å². The second-order valence-electron chi connectivity index (χ2n) is 29.4. The Kier molecular flexibility index (Phi) is 69.3. The Bertz CT molecular complexity index is 1890. The van der Waals surface area contributed by atoms with Crippen LogP contribution in [0.25, 0.3) is 0 Å². The Morgan fingerprint density at radius 3 is 0.694 bits per heavy atom. The molecule has 17 nitrogen and oxygen atoms in total. The molecule has 0 aromatic rings. The number of unbranched alkanes of at least 4 members (excludes halogenated alkanes) is 48. The summed E-state index contributed by atoms with van der Waals surface area (Å²) < 4.78 is 68.6. The van der Waals surface area contributed by atoms with Crippen molar-refractivity contribution in [2.75, 3.05) is 39.6 Å². The fraction of sp³-hybridized carbons (Fsp3) is 0.949. The lowest BCUT2D eigenvalue weighted by Gasteiger charge is -2.21. The summed E-state index contributed by atoms with van der Waals surface area (Å²) in [6.45, 7) is 9.61. The highest BCUT2D eigenvalue weighted by Crippen LogP contribution is 2.45. The largest absolute Gasteiger partial charge is 0.472 e. The molecule has 0 aromatic carbocycles. The number of hydrogen-bond donors (Lipinski definition) is 3. The summed E-state index contributed by atoms with van der Waals surface area (Å²) in [5, 5.41) is 10.6. The second kappa shape index (κ2) is 70.7. The molecule has 98 heavy (non-hydrogen) atoms. The zero-order valence-corrected chi connectivity index (χ0v) is 65.9. The normalized spacial score (nSPS) is 13.9. The molecule has 0 aliphatic carbocycles. The van der Waals surface area contributed by atoms with Crippen LogP contribution in [0, 0.1) is 11.8 Å². The number of ether oxygens (including phenoxy) is 4. The first-order valence-corrected chi connectivity index (χ1v) is 44.0. The minimum atomic E-state index is -4.96. The summed E-state index contributed by atoms with van der Waals surface area (Å²) in [7, 11) is -9.91. The van der Waals surface area contributed by atoms with Crippen LogP contribution >= 0.6 is 15.6 Å². The first-order chi connectivity index (χ1) is 47.4. The molecule has 3 N–H and O–H groups in total. The van der Waals surface area contributed by atoms with Crippen LogP contribution in [0.2, 0.25) is 0 Å². The fourth-order valence-electron chi connectivity index (χ4n) is 12.2. The van der Waals surface area contributed by atoms with E-state index in [2.05, 4.69) is 41.5 Å². The lowest BCUT2D eigenvalue weighted by molar-refractivity contribution is -0.161. The van der Waals surface area contributed by atoms with Gasteiger partial charge in [-0.2, -0.15) is 0 Å². The molecule has 0 aliphatic heterocycles. The standard InChI is InChI=1S/C79H154O17P2/c1-7-9-11-13-15-17-19-20-21-22-26-29-33-37-44-50-56-62-77(82)90-67-74(95-78(83)63-57-51-45-38-34-30-27-24-23-25-28-32-35-41-47-53-59-71(3)4)69-93-97(85,86)91-65-73(80)66-92-98(87,88)94-70-75(96-79(84)64-58-52-46-40-39-42-48-54-60-72(5)6)68-89-76(81)61-55-49-43-36-31-18-16-14-12-10-8-2/h71-75,80H,7-70H2,1-6H3,(H,85,86)(H,87,88)/t73-,74-,75-/m1/s1. The molecular formula is C79H154O17P2. The van der Waals surface area contributed by atoms with Crippen molar-refractivity contribution in [2.24, 2.45) is 11.8 Å². The lowest BCUT2D eigenvalue weighted by Crippen LogP contribution is -2.30. The number of phosphoric ester groups is 2. The number of carbonyl (C=O) groups excluding carboxylic acids is 4. The van der Waals surface area contributed by atoms with E-state index >= 15 is 0 Å². The average molecular weight is 1440 g/mol. The van der Waals surface area contributed by atoms with Gasteiger partial charge in [-0.05, 0) is 37.5 Å². The van der Waals surface area contributed by atoms with Crippen molar-refractivity contribution in [3.8, 4) is 0 Å². The Hall–Kier alpha value is -1.94. The SMILES string of the molecule is CCCCCCCCCCCCCCCCCCCC(=O)OC[C@H](COP(=O)(O)OC[C@@H](O)COP(=O)(O)OC[C@@H](COC(=O)CCCCCCCCCCCCC)OC(=O)CCCCCCCCCCC(C)C)OC(=O)CCCCCCCCCCCCCCCCCCC(C)C. The van der Waals surface area contributed by atoms with Gasteiger partial charge in [0, 0.05) is 25.7 Å². The Morgan fingerprint density at radius 1 is 0.276 bits per heavy atom. The van der Waals surface area contributed by atoms with E-state index in [4.69, 9.17) is 37.0 Å². The molecule has 0 radical (unpaired) electrons. The van der Waals surface area contributed by atoms with Gasteiger partial charge >= 0.3 is 39.5 Å². The van der Waals surface area contributed by atoms with E-state index in [9.17, 15) is 43.2 Å². The predicted molar refractivity (Wildman–Crippen MR) is 400 cm³/mol. The van der Waals surface area contributed by atoms with Gasteiger partial charge in [-0.3, -0.25) is 37.3 Å². The molecule has 0 bridgehead atoms. The predicted octanol–water partition coefficient (Wildman–Crippen LogP) is 23.5. The van der Waals surface area contributed by atoms with Gasteiger partial charge in [-0.15, -0.1) is 0 Å². The van der Waals surface area contributed by atoms with Crippen LogP contribution in [-0.2, 0) is 65.4 Å². The van der Waals surface area contributed by atoms with Crippen LogP contribution in [-0.4, -0.2) is 96.7 Å². The topological polar surface area (TPSA) is 237 Å². The molecule has 19 heteroatoms. The van der Waals surface area contributed by atoms with Crippen LogP contribution in [0.5, 0.6) is 0 Å². The summed E-state index contributed by atoms with van der Waals surface area (Å²) in [5.41, 5.74) is 0. The van der Waals surface area contributed by atoms with Crippen molar-refractivity contribution in [3.63, 3.8) is 0 Å². The van der Waals surface area contributed by atoms with Gasteiger partial charge in [0.25, 0.3) is 0 Å². The highest BCUT2D eigenvalue weighted by Gasteiger charge is 2.30. The average Bonchev–Trinajstić information content (AvgIpc) is 1.23. The van der Waals surface area contributed by atoms with Gasteiger partial charge in [-0.25, -0.2) is 9.13 Å². The highest BCUT2D eigenvalue weighted by atomic mass is 31.2. The molecule has 2 unspecified atom stereocenters. The van der Waals surface area contributed by atoms with Crippen molar-refractivity contribution in [2.45, 2.75) is 432 Å². The maximum Gasteiger partial charge on any atom is 0.472 e. The van der Waals surface area contributed by atoms with Crippen LogP contribution in [0.1, 0.15) is 414 Å². The molecule has 0 heterocycles. The third-order valence-corrected chi connectivity index (χ3v) is 20.4.